The lowest BCUT2D eigenvalue weighted by atomic mass is 9.91. The molecule has 4 heteroatoms. The lowest BCUT2D eigenvalue weighted by Crippen LogP contribution is -2.60. The number of nitrogens with zero attached hydrogens (tertiary/aromatic N) is 1. The Morgan fingerprint density at radius 2 is 2.06 bits per heavy atom. The molecule has 1 N–H and O–H groups in total. The average Bonchev–Trinajstić information content (AvgIpc) is 2.19. The summed E-state index contributed by atoms with van der Waals surface area (Å²) in [6.45, 7) is 3.46. The van der Waals surface area contributed by atoms with Crippen LogP contribution in [0.4, 0.5) is 8.78 Å². The highest BCUT2D eigenvalue weighted by Gasteiger charge is 2.39. The summed E-state index contributed by atoms with van der Waals surface area (Å²) in [7, 11) is 0. The molecule has 1 aliphatic rings. The van der Waals surface area contributed by atoms with Crippen LogP contribution in [-0.2, 0) is 6.54 Å². The van der Waals surface area contributed by atoms with Gasteiger partial charge in [-0.2, -0.15) is 0 Å². The number of likely N-dealkylation sites (tertiary alicyclic amines) is 1. The molecule has 0 radical (unpaired) electrons. The van der Waals surface area contributed by atoms with Crippen LogP contribution in [0.15, 0.2) is 18.2 Å². The first-order chi connectivity index (χ1) is 7.52. The topological polar surface area (TPSA) is 23.5 Å². The van der Waals surface area contributed by atoms with E-state index in [-0.39, 0.29) is 0 Å². The Kier molecular flexibility index (Phi) is 2.95. The van der Waals surface area contributed by atoms with Crippen LogP contribution in [0.1, 0.15) is 18.9 Å². The maximum atomic E-state index is 13.3. The molecule has 0 aromatic heterocycles. The molecular weight excluding hydrogens is 212 g/mol. The summed E-state index contributed by atoms with van der Waals surface area (Å²) in [5.41, 5.74) is -0.143. The van der Waals surface area contributed by atoms with Crippen LogP contribution in [0.25, 0.3) is 0 Å². The molecule has 1 aromatic carbocycles. The molecule has 0 saturated carbocycles. The van der Waals surface area contributed by atoms with E-state index < -0.39 is 17.2 Å². The third kappa shape index (κ3) is 2.23. The second-order valence-corrected chi connectivity index (χ2v) is 4.46. The summed E-state index contributed by atoms with van der Waals surface area (Å²) < 4.78 is 26.0. The molecular formula is C12H15F2NO. The van der Waals surface area contributed by atoms with E-state index in [1.54, 1.807) is 0 Å². The zero-order valence-electron chi connectivity index (χ0n) is 9.21. The highest BCUT2D eigenvalue weighted by Crippen LogP contribution is 2.26. The summed E-state index contributed by atoms with van der Waals surface area (Å²) in [5, 5.41) is 9.79. The Hall–Kier alpha value is -1.00. The molecule has 1 fully saturated rings. The van der Waals surface area contributed by atoms with Crippen LogP contribution in [0.3, 0.4) is 0 Å². The number of hydrogen-bond donors (Lipinski definition) is 1. The normalized spacial score (nSPS) is 19.5. The summed E-state index contributed by atoms with van der Waals surface area (Å²) in [6, 6.07) is 3.60. The first-order valence-corrected chi connectivity index (χ1v) is 5.41. The van der Waals surface area contributed by atoms with E-state index in [1.807, 2.05) is 11.8 Å². The third-order valence-electron chi connectivity index (χ3n) is 3.10. The second-order valence-electron chi connectivity index (χ2n) is 4.46. The summed E-state index contributed by atoms with van der Waals surface area (Å²) in [4.78, 5) is 1.94. The van der Waals surface area contributed by atoms with Gasteiger partial charge in [0.1, 0.15) is 11.6 Å². The van der Waals surface area contributed by atoms with Gasteiger partial charge in [0, 0.05) is 31.3 Å². The maximum Gasteiger partial charge on any atom is 0.130 e. The minimum atomic E-state index is -0.615. The van der Waals surface area contributed by atoms with E-state index in [0.29, 0.717) is 31.6 Å². The largest absolute Gasteiger partial charge is 0.387 e. The van der Waals surface area contributed by atoms with Crippen LogP contribution in [0.2, 0.25) is 0 Å². The minimum Gasteiger partial charge on any atom is -0.387 e. The van der Waals surface area contributed by atoms with E-state index in [4.69, 9.17) is 0 Å². The van der Waals surface area contributed by atoms with E-state index >= 15 is 0 Å². The number of rotatable bonds is 3. The molecule has 0 bridgehead atoms. The Balaban J connectivity index is 1.96. The van der Waals surface area contributed by atoms with E-state index in [0.717, 1.165) is 6.07 Å². The molecule has 1 aromatic rings. The quantitative estimate of drug-likeness (QED) is 0.852. The maximum absolute atomic E-state index is 13.3. The van der Waals surface area contributed by atoms with Crippen LogP contribution in [0, 0.1) is 11.6 Å². The van der Waals surface area contributed by atoms with Crippen LogP contribution >= 0.6 is 0 Å². The molecule has 1 aliphatic heterocycles. The van der Waals surface area contributed by atoms with Crippen molar-refractivity contribution in [1.82, 2.24) is 4.90 Å². The zero-order valence-corrected chi connectivity index (χ0v) is 9.21. The van der Waals surface area contributed by atoms with E-state index in [1.165, 1.54) is 12.1 Å². The van der Waals surface area contributed by atoms with Gasteiger partial charge in [-0.1, -0.05) is 13.0 Å². The predicted octanol–water partition coefficient (Wildman–Crippen LogP) is 1.92. The summed E-state index contributed by atoms with van der Waals surface area (Å²) in [5.74, 6) is -1.08. The van der Waals surface area contributed by atoms with Crippen molar-refractivity contribution in [2.45, 2.75) is 25.5 Å². The van der Waals surface area contributed by atoms with E-state index in [2.05, 4.69) is 0 Å². The lowest BCUT2D eigenvalue weighted by molar-refractivity contribution is -0.103. The monoisotopic (exact) mass is 227 g/mol. The van der Waals surface area contributed by atoms with Crippen molar-refractivity contribution in [3.05, 3.63) is 35.4 Å². The third-order valence-corrected chi connectivity index (χ3v) is 3.10. The van der Waals surface area contributed by atoms with Crippen LogP contribution in [0.5, 0.6) is 0 Å². The van der Waals surface area contributed by atoms with Crippen molar-refractivity contribution in [1.29, 1.82) is 0 Å². The molecule has 0 amide bonds. The Labute approximate surface area is 93.5 Å². The Morgan fingerprint density at radius 3 is 2.62 bits per heavy atom. The van der Waals surface area contributed by atoms with Gasteiger partial charge in [-0.25, -0.2) is 8.78 Å². The summed E-state index contributed by atoms with van der Waals surface area (Å²) >= 11 is 0. The molecule has 0 atom stereocenters. The van der Waals surface area contributed by atoms with Crippen LogP contribution < -0.4 is 0 Å². The molecule has 1 saturated heterocycles. The summed E-state index contributed by atoms with van der Waals surface area (Å²) in [6.07, 6.45) is 0.704. The van der Waals surface area contributed by atoms with Crippen molar-refractivity contribution in [3.8, 4) is 0 Å². The molecule has 2 nitrogen and oxygen atoms in total. The highest BCUT2D eigenvalue weighted by atomic mass is 19.1. The fraction of sp³-hybridized carbons (Fsp3) is 0.500. The van der Waals surface area contributed by atoms with Crippen molar-refractivity contribution in [2.75, 3.05) is 13.1 Å². The standard InChI is InChI=1S/C12H15F2NO/c1-2-12(16)7-15(8-12)6-9-3-4-10(13)5-11(9)14/h3-5,16H,2,6-8H2,1H3. The van der Waals surface area contributed by atoms with Crippen molar-refractivity contribution in [2.24, 2.45) is 0 Å². The van der Waals surface area contributed by atoms with Gasteiger partial charge in [0.2, 0.25) is 0 Å². The number of hydrogen-bond acceptors (Lipinski definition) is 2. The predicted molar refractivity (Wildman–Crippen MR) is 56.9 cm³/mol. The van der Waals surface area contributed by atoms with Gasteiger partial charge in [-0.05, 0) is 12.5 Å². The molecule has 0 aliphatic carbocycles. The van der Waals surface area contributed by atoms with Gasteiger partial charge in [-0.3, -0.25) is 4.90 Å². The fourth-order valence-electron chi connectivity index (χ4n) is 2.01. The van der Waals surface area contributed by atoms with Crippen molar-refractivity contribution in [3.63, 3.8) is 0 Å². The fourth-order valence-corrected chi connectivity index (χ4v) is 2.01. The number of β-amino-alcohol motifs (C(OH)–C–C–N with tert-alkyl or cyclic N) is 1. The molecule has 2 rings (SSSR count). The van der Waals surface area contributed by atoms with Crippen molar-refractivity contribution >= 4 is 0 Å². The average molecular weight is 227 g/mol. The van der Waals surface area contributed by atoms with Gasteiger partial charge in [0.15, 0.2) is 0 Å². The molecule has 1 heterocycles. The highest BCUT2D eigenvalue weighted by molar-refractivity contribution is 5.19. The second kappa shape index (κ2) is 4.11. The minimum absolute atomic E-state index is 0.425. The van der Waals surface area contributed by atoms with Crippen LogP contribution in [-0.4, -0.2) is 28.7 Å². The van der Waals surface area contributed by atoms with Crippen molar-refractivity contribution < 1.29 is 13.9 Å². The molecule has 16 heavy (non-hydrogen) atoms. The van der Waals surface area contributed by atoms with Gasteiger partial charge in [-0.15, -0.1) is 0 Å². The van der Waals surface area contributed by atoms with Gasteiger partial charge >= 0.3 is 0 Å². The number of aliphatic hydroxyl groups is 1. The molecule has 88 valence electrons. The number of halogens is 2. The SMILES string of the molecule is CCC1(O)CN(Cc2ccc(F)cc2F)C1. The molecule has 0 unspecified atom stereocenters. The first-order valence-electron chi connectivity index (χ1n) is 5.41. The number of benzene rings is 1. The van der Waals surface area contributed by atoms with Gasteiger partial charge in [0.05, 0.1) is 5.60 Å². The van der Waals surface area contributed by atoms with E-state index in [9.17, 15) is 13.9 Å². The first kappa shape index (κ1) is 11.5. The zero-order chi connectivity index (χ0) is 11.8. The Bertz CT molecular complexity index is 389. The van der Waals surface area contributed by atoms with Gasteiger partial charge in [0.25, 0.3) is 0 Å². The Morgan fingerprint density at radius 1 is 1.38 bits per heavy atom. The molecule has 0 spiro atoms. The lowest BCUT2D eigenvalue weighted by Gasteiger charge is -2.46. The smallest absolute Gasteiger partial charge is 0.130 e. The van der Waals surface area contributed by atoms with Gasteiger partial charge < -0.3 is 5.11 Å².